The lowest BCUT2D eigenvalue weighted by atomic mass is 10.2. The van der Waals surface area contributed by atoms with Gasteiger partial charge in [0.15, 0.2) is 0 Å². The number of esters is 1. The van der Waals surface area contributed by atoms with E-state index in [1.54, 1.807) is 6.92 Å². The quantitative estimate of drug-likeness (QED) is 0.421. The molecule has 0 unspecified atom stereocenters. The summed E-state index contributed by atoms with van der Waals surface area (Å²) in [4.78, 5) is 38.5. The number of nitrogens with one attached hydrogen (secondary N) is 2. The van der Waals surface area contributed by atoms with Crippen LogP contribution in [-0.4, -0.2) is 29.2 Å². The monoisotopic (exact) mass is 254 g/mol. The highest BCUT2D eigenvalue weighted by Gasteiger charge is 2.17. The molecule has 0 radical (unpaired) electrons. The molecule has 0 amide bonds. The Morgan fingerprint density at radius 1 is 1.39 bits per heavy atom. The van der Waals surface area contributed by atoms with E-state index in [0.717, 1.165) is 0 Å². The Labute approximate surface area is 102 Å². The van der Waals surface area contributed by atoms with E-state index in [9.17, 15) is 14.4 Å². The maximum Gasteiger partial charge on any atom is 0.355 e. The summed E-state index contributed by atoms with van der Waals surface area (Å²) in [5.41, 5.74) is -1.61. The van der Waals surface area contributed by atoms with E-state index < -0.39 is 17.2 Å². The molecule has 0 aliphatic heterocycles. The Balaban J connectivity index is 3.12. The Hall–Kier alpha value is -2.15. The van der Waals surface area contributed by atoms with Crippen molar-refractivity contribution in [2.45, 2.75) is 13.5 Å². The number of aromatic nitrogens is 2. The van der Waals surface area contributed by atoms with Crippen molar-refractivity contribution in [2.24, 2.45) is 0 Å². The van der Waals surface area contributed by atoms with Crippen molar-refractivity contribution in [2.75, 3.05) is 13.2 Å². The highest BCUT2D eigenvalue weighted by atomic mass is 16.5. The van der Waals surface area contributed by atoms with Crippen molar-refractivity contribution in [3.05, 3.63) is 44.8 Å². The second-order valence-electron chi connectivity index (χ2n) is 3.29. The highest BCUT2D eigenvalue weighted by Crippen LogP contribution is 2.02. The van der Waals surface area contributed by atoms with Crippen LogP contribution in [0.25, 0.3) is 0 Å². The number of hydrogen-bond donors (Lipinski definition) is 2. The lowest BCUT2D eigenvalue weighted by Crippen LogP contribution is -2.31. The van der Waals surface area contributed by atoms with E-state index in [1.807, 2.05) is 4.98 Å². The first-order valence-corrected chi connectivity index (χ1v) is 5.31. The number of hydrogen-bond acceptors (Lipinski definition) is 5. The predicted molar refractivity (Wildman–Crippen MR) is 63.5 cm³/mol. The number of carbonyl (C=O) groups is 1. The number of H-pyrrole nitrogens is 2. The normalized spacial score (nSPS) is 10.1. The molecule has 98 valence electrons. The fourth-order valence-corrected chi connectivity index (χ4v) is 1.27. The fourth-order valence-electron chi connectivity index (χ4n) is 1.27. The summed E-state index contributed by atoms with van der Waals surface area (Å²) in [5, 5.41) is 0. The van der Waals surface area contributed by atoms with E-state index in [4.69, 9.17) is 9.47 Å². The van der Waals surface area contributed by atoms with Gasteiger partial charge in [-0.1, -0.05) is 6.08 Å². The highest BCUT2D eigenvalue weighted by molar-refractivity contribution is 5.88. The van der Waals surface area contributed by atoms with Crippen LogP contribution >= 0.6 is 0 Å². The zero-order valence-electron chi connectivity index (χ0n) is 9.95. The number of aromatic amines is 2. The topological polar surface area (TPSA) is 101 Å². The van der Waals surface area contributed by atoms with Gasteiger partial charge in [-0.25, -0.2) is 9.59 Å². The van der Waals surface area contributed by atoms with E-state index in [1.165, 1.54) is 6.08 Å². The van der Waals surface area contributed by atoms with E-state index in [0.29, 0.717) is 0 Å². The van der Waals surface area contributed by atoms with Crippen LogP contribution in [0.4, 0.5) is 0 Å². The molecule has 1 rings (SSSR count). The van der Waals surface area contributed by atoms with Crippen molar-refractivity contribution in [3.63, 3.8) is 0 Å². The Bertz CT molecular complexity index is 543. The molecule has 1 aromatic rings. The van der Waals surface area contributed by atoms with Crippen LogP contribution in [0.3, 0.4) is 0 Å². The number of ether oxygens (including phenoxy) is 2. The first-order valence-electron chi connectivity index (χ1n) is 5.31. The van der Waals surface area contributed by atoms with Crippen LogP contribution in [0.5, 0.6) is 0 Å². The molecule has 7 heteroatoms. The molecule has 7 nitrogen and oxygen atoms in total. The third-order valence-electron chi connectivity index (χ3n) is 2.00. The van der Waals surface area contributed by atoms with Gasteiger partial charge >= 0.3 is 11.7 Å². The maximum atomic E-state index is 11.6. The fraction of sp³-hybridized carbons (Fsp3) is 0.364. The standard InChI is InChI=1S/C11H14N2O5/c1-3-5-17-6-7-8(10(15)18-4-2)12-11(16)13-9(7)14/h3H,1,4-6H2,2H3,(H2,12,13,14,16). The van der Waals surface area contributed by atoms with Crippen molar-refractivity contribution < 1.29 is 14.3 Å². The van der Waals surface area contributed by atoms with Crippen molar-refractivity contribution in [3.8, 4) is 0 Å². The summed E-state index contributed by atoms with van der Waals surface area (Å²) in [6.45, 7) is 5.32. The van der Waals surface area contributed by atoms with Crippen LogP contribution in [0.15, 0.2) is 22.2 Å². The molecule has 2 N–H and O–H groups in total. The molecule has 0 spiro atoms. The zero-order valence-corrected chi connectivity index (χ0v) is 9.95. The van der Waals surface area contributed by atoms with Gasteiger partial charge in [-0.3, -0.25) is 9.78 Å². The summed E-state index contributed by atoms with van der Waals surface area (Å²) in [6.07, 6.45) is 1.50. The lowest BCUT2D eigenvalue weighted by Gasteiger charge is -2.07. The van der Waals surface area contributed by atoms with Crippen molar-refractivity contribution in [1.82, 2.24) is 9.97 Å². The van der Waals surface area contributed by atoms with Gasteiger partial charge in [0, 0.05) is 0 Å². The average Bonchev–Trinajstić information content (AvgIpc) is 2.31. The van der Waals surface area contributed by atoms with Gasteiger partial charge in [0.2, 0.25) is 0 Å². The minimum absolute atomic E-state index is 0.0231. The molecule has 0 saturated carbocycles. The smallest absolute Gasteiger partial charge is 0.355 e. The number of carbonyl (C=O) groups excluding carboxylic acids is 1. The van der Waals surface area contributed by atoms with E-state index in [-0.39, 0.29) is 31.1 Å². The molecular formula is C11H14N2O5. The molecule has 0 aliphatic rings. The largest absolute Gasteiger partial charge is 0.461 e. The van der Waals surface area contributed by atoms with Gasteiger partial charge in [-0.2, -0.15) is 0 Å². The summed E-state index contributed by atoms with van der Waals surface area (Å²) >= 11 is 0. The van der Waals surface area contributed by atoms with E-state index in [2.05, 4.69) is 11.6 Å². The second-order valence-corrected chi connectivity index (χ2v) is 3.29. The first-order chi connectivity index (χ1) is 8.60. The lowest BCUT2D eigenvalue weighted by molar-refractivity contribution is 0.0511. The van der Waals surface area contributed by atoms with Gasteiger partial charge < -0.3 is 14.5 Å². The van der Waals surface area contributed by atoms with Gasteiger partial charge in [-0.15, -0.1) is 6.58 Å². The minimum atomic E-state index is -0.768. The van der Waals surface area contributed by atoms with Crippen LogP contribution in [-0.2, 0) is 16.1 Å². The summed E-state index contributed by atoms with van der Waals surface area (Å²) in [6, 6.07) is 0. The van der Waals surface area contributed by atoms with Crippen molar-refractivity contribution >= 4 is 5.97 Å². The van der Waals surface area contributed by atoms with Gasteiger partial charge in [0.25, 0.3) is 5.56 Å². The molecule has 18 heavy (non-hydrogen) atoms. The van der Waals surface area contributed by atoms with Gasteiger partial charge in [0.05, 0.1) is 25.4 Å². The second kappa shape index (κ2) is 6.55. The minimum Gasteiger partial charge on any atom is -0.461 e. The Morgan fingerprint density at radius 2 is 2.11 bits per heavy atom. The van der Waals surface area contributed by atoms with Crippen LogP contribution < -0.4 is 11.2 Å². The third-order valence-corrected chi connectivity index (χ3v) is 2.00. The molecule has 0 fully saturated rings. The Morgan fingerprint density at radius 3 is 2.72 bits per heavy atom. The number of rotatable bonds is 6. The molecule has 0 atom stereocenters. The summed E-state index contributed by atoms with van der Waals surface area (Å²) in [7, 11) is 0. The molecule has 0 saturated heterocycles. The first kappa shape index (κ1) is 13.9. The predicted octanol–water partition coefficient (Wildman–Crippen LogP) is -0.0575. The zero-order chi connectivity index (χ0) is 13.5. The molecule has 0 aromatic carbocycles. The molecular weight excluding hydrogens is 240 g/mol. The third kappa shape index (κ3) is 3.42. The van der Waals surface area contributed by atoms with Crippen molar-refractivity contribution in [1.29, 1.82) is 0 Å². The van der Waals surface area contributed by atoms with Gasteiger partial charge in [-0.05, 0) is 6.92 Å². The molecule has 1 aromatic heterocycles. The summed E-state index contributed by atoms with van der Waals surface area (Å²) in [5.74, 6) is -0.766. The van der Waals surface area contributed by atoms with Gasteiger partial charge in [0.1, 0.15) is 5.69 Å². The SMILES string of the molecule is C=CCOCc1c(C(=O)OCC)[nH]c(=O)[nH]c1=O. The molecule has 1 heterocycles. The van der Waals surface area contributed by atoms with Crippen LogP contribution in [0, 0.1) is 0 Å². The average molecular weight is 254 g/mol. The van der Waals surface area contributed by atoms with Crippen LogP contribution in [0.2, 0.25) is 0 Å². The Kier molecular flexibility index (Phi) is 5.06. The maximum absolute atomic E-state index is 11.6. The molecule has 0 bridgehead atoms. The van der Waals surface area contributed by atoms with Crippen LogP contribution in [0.1, 0.15) is 23.0 Å². The molecule has 0 aliphatic carbocycles. The summed E-state index contributed by atoms with van der Waals surface area (Å²) < 4.78 is 9.84. The van der Waals surface area contributed by atoms with E-state index >= 15 is 0 Å².